The second kappa shape index (κ2) is 7.80. The molecule has 2 heterocycles. The van der Waals surface area contributed by atoms with Gasteiger partial charge in [-0.2, -0.15) is 4.31 Å². The summed E-state index contributed by atoms with van der Waals surface area (Å²) in [5.74, 6) is -1.89. The average molecular weight is 450 g/mol. The lowest BCUT2D eigenvalue weighted by atomic mass is 10.1. The number of imide groups is 1. The molecule has 156 valence electrons. The number of carbonyl (C=O) groups is 3. The second-order valence-electron chi connectivity index (χ2n) is 6.62. The van der Waals surface area contributed by atoms with Gasteiger partial charge in [0.05, 0.1) is 45.5 Å². The number of rotatable bonds is 4. The van der Waals surface area contributed by atoms with Crippen LogP contribution in [0.2, 0.25) is 5.02 Å². The Morgan fingerprint density at radius 3 is 2.57 bits per heavy atom. The molecular formula is C19H16ClN3O6S. The van der Waals surface area contributed by atoms with E-state index in [2.05, 4.69) is 10.6 Å². The van der Waals surface area contributed by atoms with Gasteiger partial charge in [-0.3, -0.25) is 19.7 Å². The van der Waals surface area contributed by atoms with Gasteiger partial charge in [-0.05, 0) is 30.3 Å². The number of hydrogen-bond donors (Lipinski definition) is 2. The van der Waals surface area contributed by atoms with E-state index in [4.69, 9.17) is 16.3 Å². The molecule has 0 atom stereocenters. The van der Waals surface area contributed by atoms with Gasteiger partial charge in [-0.15, -0.1) is 0 Å². The number of ether oxygens (including phenoxy) is 1. The minimum atomic E-state index is -3.83. The molecule has 0 bridgehead atoms. The number of halogens is 1. The number of anilines is 1. The van der Waals surface area contributed by atoms with E-state index < -0.39 is 27.7 Å². The van der Waals surface area contributed by atoms with Crippen LogP contribution in [0.25, 0.3) is 0 Å². The number of hydrogen-bond acceptors (Lipinski definition) is 6. The number of carbonyl (C=O) groups excluding carboxylic acids is 3. The zero-order valence-electron chi connectivity index (χ0n) is 15.5. The van der Waals surface area contributed by atoms with Crippen LogP contribution in [0, 0.1) is 0 Å². The number of nitrogens with one attached hydrogen (secondary N) is 2. The predicted octanol–water partition coefficient (Wildman–Crippen LogP) is 1.50. The topological polar surface area (TPSA) is 122 Å². The van der Waals surface area contributed by atoms with Crippen LogP contribution in [-0.4, -0.2) is 56.7 Å². The third-order valence-corrected chi connectivity index (χ3v) is 7.03. The first-order valence-corrected chi connectivity index (χ1v) is 10.8. The summed E-state index contributed by atoms with van der Waals surface area (Å²) in [6.45, 7) is 1.01. The van der Waals surface area contributed by atoms with Crippen LogP contribution in [0.15, 0.2) is 41.3 Å². The van der Waals surface area contributed by atoms with Gasteiger partial charge in [0.1, 0.15) is 0 Å². The lowest BCUT2D eigenvalue weighted by molar-refractivity contribution is 0.0730. The van der Waals surface area contributed by atoms with Crippen molar-refractivity contribution >= 4 is 45.0 Å². The van der Waals surface area contributed by atoms with E-state index in [0.717, 1.165) is 0 Å². The molecule has 0 saturated carbocycles. The molecule has 11 heteroatoms. The molecule has 2 aromatic carbocycles. The maximum absolute atomic E-state index is 12.9. The van der Waals surface area contributed by atoms with Crippen LogP contribution in [0.3, 0.4) is 0 Å². The number of amides is 3. The Morgan fingerprint density at radius 2 is 1.83 bits per heavy atom. The lowest BCUT2D eigenvalue weighted by Gasteiger charge is -2.26. The van der Waals surface area contributed by atoms with Crippen LogP contribution in [-0.2, 0) is 14.8 Å². The number of morpholine rings is 1. The van der Waals surface area contributed by atoms with Gasteiger partial charge in [0.25, 0.3) is 17.7 Å². The fraction of sp³-hybridized carbons (Fsp3) is 0.211. The number of fused-ring (bicyclic) bond motifs is 1. The van der Waals surface area contributed by atoms with E-state index in [9.17, 15) is 22.8 Å². The molecule has 2 aliphatic rings. The summed E-state index contributed by atoms with van der Waals surface area (Å²) in [7, 11) is -3.83. The van der Waals surface area contributed by atoms with E-state index in [-0.39, 0.29) is 45.4 Å². The summed E-state index contributed by atoms with van der Waals surface area (Å²) in [5.41, 5.74) is 0.239. The molecule has 0 aliphatic carbocycles. The molecule has 2 aromatic rings. The molecule has 2 N–H and O–H groups in total. The predicted molar refractivity (Wildman–Crippen MR) is 107 cm³/mol. The molecule has 1 fully saturated rings. The van der Waals surface area contributed by atoms with Gasteiger partial charge in [0.15, 0.2) is 0 Å². The van der Waals surface area contributed by atoms with Crippen LogP contribution < -0.4 is 10.6 Å². The van der Waals surface area contributed by atoms with Crippen molar-refractivity contribution in [3.63, 3.8) is 0 Å². The molecule has 2 aliphatic heterocycles. The Bertz CT molecular complexity index is 1170. The smallest absolute Gasteiger partial charge is 0.261 e. The molecule has 0 unspecified atom stereocenters. The summed E-state index contributed by atoms with van der Waals surface area (Å²) in [5, 5.41) is 4.75. The minimum Gasteiger partial charge on any atom is -0.379 e. The Labute approximate surface area is 177 Å². The van der Waals surface area contributed by atoms with E-state index >= 15 is 0 Å². The second-order valence-corrected chi connectivity index (χ2v) is 8.97. The summed E-state index contributed by atoms with van der Waals surface area (Å²) >= 11 is 6.14. The van der Waals surface area contributed by atoms with Gasteiger partial charge in [-0.1, -0.05) is 17.7 Å². The van der Waals surface area contributed by atoms with Gasteiger partial charge >= 0.3 is 0 Å². The molecule has 9 nitrogen and oxygen atoms in total. The van der Waals surface area contributed by atoms with Crippen molar-refractivity contribution in [1.82, 2.24) is 9.62 Å². The molecule has 1 saturated heterocycles. The van der Waals surface area contributed by atoms with Crippen molar-refractivity contribution in [3.8, 4) is 0 Å². The largest absolute Gasteiger partial charge is 0.379 e. The van der Waals surface area contributed by atoms with Crippen molar-refractivity contribution in [2.75, 3.05) is 31.6 Å². The highest BCUT2D eigenvalue weighted by molar-refractivity contribution is 7.89. The van der Waals surface area contributed by atoms with Crippen LogP contribution >= 0.6 is 11.6 Å². The van der Waals surface area contributed by atoms with Crippen molar-refractivity contribution in [1.29, 1.82) is 0 Å². The van der Waals surface area contributed by atoms with E-state index in [1.54, 1.807) is 0 Å². The highest BCUT2D eigenvalue weighted by atomic mass is 35.5. The molecule has 0 spiro atoms. The molecule has 30 heavy (non-hydrogen) atoms. The van der Waals surface area contributed by atoms with Crippen LogP contribution in [0.4, 0.5) is 5.69 Å². The highest BCUT2D eigenvalue weighted by Gasteiger charge is 2.31. The number of sulfonamides is 1. The van der Waals surface area contributed by atoms with Gasteiger partial charge < -0.3 is 10.1 Å². The lowest BCUT2D eigenvalue weighted by Crippen LogP contribution is -2.40. The third-order valence-electron chi connectivity index (χ3n) is 4.80. The zero-order chi connectivity index (χ0) is 21.5. The van der Waals surface area contributed by atoms with Gasteiger partial charge in [0.2, 0.25) is 10.0 Å². The quantitative estimate of drug-likeness (QED) is 0.682. The average Bonchev–Trinajstić information content (AvgIpc) is 3.03. The van der Waals surface area contributed by atoms with Gasteiger partial charge in [-0.25, -0.2) is 8.42 Å². The standard InChI is InChI=1S/C19H16ClN3O6S/c20-14-5-4-11(30(27,28)23-6-8-29-9-7-23)10-13(14)18(25)21-15-3-1-2-12-16(15)19(26)22-17(12)24/h1-5,10H,6-9H2,(H,21,25)(H,22,24,26). The van der Waals surface area contributed by atoms with E-state index in [1.165, 1.54) is 40.7 Å². The zero-order valence-corrected chi connectivity index (χ0v) is 17.0. The summed E-state index contributed by atoms with van der Waals surface area (Å²) in [4.78, 5) is 36.6. The Hall–Kier alpha value is -2.79. The van der Waals surface area contributed by atoms with Gasteiger partial charge in [0, 0.05) is 13.1 Å². The van der Waals surface area contributed by atoms with Crippen molar-refractivity contribution < 1.29 is 27.5 Å². The first kappa shape index (κ1) is 20.5. The minimum absolute atomic E-state index is 0.0431. The Balaban J connectivity index is 1.66. The number of nitrogens with zero attached hydrogens (tertiary/aromatic N) is 1. The van der Waals surface area contributed by atoms with E-state index in [0.29, 0.717) is 13.2 Å². The monoisotopic (exact) mass is 449 g/mol. The maximum Gasteiger partial charge on any atom is 0.261 e. The molecule has 3 amide bonds. The molecule has 0 radical (unpaired) electrons. The van der Waals surface area contributed by atoms with Crippen molar-refractivity contribution in [2.45, 2.75) is 4.90 Å². The SMILES string of the molecule is O=C(Nc1cccc2c1C(=O)NC2=O)c1cc(S(=O)(=O)N2CCOCC2)ccc1Cl. The summed E-state index contributed by atoms with van der Waals surface area (Å²) in [6.07, 6.45) is 0. The molecule has 4 rings (SSSR count). The maximum atomic E-state index is 12.9. The normalized spacial score (nSPS) is 16.8. The van der Waals surface area contributed by atoms with Crippen LogP contribution in [0.5, 0.6) is 0 Å². The fourth-order valence-electron chi connectivity index (χ4n) is 3.29. The third kappa shape index (κ3) is 3.58. The number of benzene rings is 2. The molecular weight excluding hydrogens is 434 g/mol. The summed E-state index contributed by atoms with van der Waals surface area (Å²) < 4.78 is 32.2. The van der Waals surface area contributed by atoms with Crippen LogP contribution in [0.1, 0.15) is 31.1 Å². The van der Waals surface area contributed by atoms with Crippen molar-refractivity contribution in [2.24, 2.45) is 0 Å². The highest BCUT2D eigenvalue weighted by Crippen LogP contribution is 2.27. The first-order valence-electron chi connectivity index (χ1n) is 8.96. The Kier molecular flexibility index (Phi) is 5.33. The van der Waals surface area contributed by atoms with E-state index in [1.807, 2.05) is 0 Å². The Morgan fingerprint density at radius 1 is 1.10 bits per heavy atom. The molecule has 0 aromatic heterocycles. The first-order chi connectivity index (χ1) is 14.3. The summed E-state index contributed by atoms with van der Waals surface area (Å²) in [6, 6.07) is 8.31. The fourth-order valence-corrected chi connectivity index (χ4v) is 4.93. The van der Waals surface area contributed by atoms with Crippen molar-refractivity contribution in [3.05, 3.63) is 58.1 Å².